The molecular formula is C9H7FO2S2. The lowest BCUT2D eigenvalue weighted by Crippen LogP contribution is -2.03. The van der Waals surface area contributed by atoms with E-state index in [0.717, 1.165) is 11.8 Å². The molecule has 14 heavy (non-hydrogen) atoms. The molecule has 0 saturated carbocycles. The third kappa shape index (κ3) is 3.08. The summed E-state index contributed by atoms with van der Waals surface area (Å²) in [7, 11) is 0. The van der Waals surface area contributed by atoms with Gasteiger partial charge in [0.1, 0.15) is 5.82 Å². The predicted molar refractivity (Wildman–Crippen MR) is 58.2 cm³/mol. The van der Waals surface area contributed by atoms with E-state index in [0.29, 0.717) is 0 Å². The summed E-state index contributed by atoms with van der Waals surface area (Å²) in [5.41, 5.74) is 0.286. The van der Waals surface area contributed by atoms with Crippen molar-refractivity contribution in [2.45, 2.75) is 0 Å². The first-order chi connectivity index (χ1) is 6.61. The van der Waals surface area contributed by atoms with Gasteiger partial charge in [0.2, 0.25) is 0 Å². The number of aliphatic carboxylic acids is 1. The molecule has 1 aromatic rings. The molecule has 0 aliphatic rings. The highest BCUT2D eigenvalue weighted by molar-refractivity contribution is 8.24. The number of benzene rings is 1. The number of halogens is 1. The van der Waals surface area contributed by atoms with Gasteiger partial charge in [0.05, 0.1) is 9.95 Å². The zero-order valence-corrected chi connectivity index (χ0v) is 8.70. The minimum absolute atomic E-state index is 0.146. The van der Waals surface area contributed by atoms with Crippen LogP contribution >= 0.6 is 24.0 Å². The first-order valence-electron chi connectivity index (χ1n) is 3.74. The third-order valence-corrected chi connectivity index (χ3v) is 2.87. The molecule has 0 spiro atoms. The van der Waals surface area contributed by atoms with E-state index in [2.05, 4.69) is 0 Å². The van der Waals surface area contributed by atoms with Gasteiger partial charge in [-0.3, -0.25) is 4.79 Å². The van der Waals surface area contributed by atoms with Gasteiger partial charge in [-0.25, -0.2) is 4.39 Å². The average molecular weight is 230 g/mol. The average Bonchev–Trinajstić information content (AvgIpc) is 2.15. The second kappa shape index (κ2) is 5.07. The van der Waals surface area contributed by atoms with Crippen LogP contribution in [0.1, 0.15) is 5.56 Å². The van der Waals surface area contributed by atoms with E-state index in [1.54, 1.807) is 12.1 Å². The highest BCUT2D eigenvalue weighted by Gasteiger charge is 2.08. The van der Waals surface area contributed by atoms with E-state index < -0.39 is 11.8 Å². The molecule has 0 aromatic heterocycles. The molecule has 0 saturated heterocycles. The maximum Gasteiger partial charge on any atom is 0.313 e. The largest absolute Gasteiger partial charge is 0.481 e. The second-order valence-electron chi connectivity index (χ2n) is 2.45. The summed E-state index contributed by atoms with van der Waals surface area (Å²) in [6.07, 6.45) is 0. The Labute approximate surface area is 90.1 Å². The van der Waals surface area contributed by atoms with Crippen molar-refractivity contribution in [1.29, 1.82) is 0 Å². The van der Waals surface area contributed by atoms with Crippen LogP contribution in [0.4, 0.5) is 4.39 Å². The van der Waals surface area contributed by atoms with Gasteiger partial charge in [0.15, 0.2) is 0 Å². The second-order valence-corrected chi connectivity index (χ2v) is 4.10. The zero-order chi connectivity index (χ0) is 10.6. The highest BCUT2D eigenvalue weighted by Crippen LogP contribution is 2.16. The molecule has 0 aliphatic carbocycles. The molecule has 0 atom stereocenters. The Morgan fingerprint density at radius 1 is 1.50 bits per heavy atom. The number of hydrogen-bond donors (Lipinski definition) is 1. The van der Waals surface area contributed by atoms with Crippen LogP contribution in [-0.2, 0) is 4.79 Å². The van der Waals surface area contributed by atoms with Crippen molar-refractivity contribution in [1.82, 2.24) is 0 Å². The van der Waals surface area contributed by atoms with Crippen molar-refractivity contribution in [3.05, 3.63) is 35.6 Å². The minimum atomic E-state index is -0.964. The highest BCUT2D eigenvalue weighted by atomic mass is 32.2. The fourth-order valence-corrected chi connectivity index (χ4v) is 1.75. The number of carboxylic acid groups (broad SMARTS) is 1. The standard InChI is InChI=1S/C9H7FO2S2/c10-7-4-2-1-3-6(7)9(13)14-5-8(11)12/h1-4H,5H2,(H,11,12). The first-order valence-corrected chi connectivity index (χ1v) is 5.14. The molecule has 1 rings (SSSR count). The van der Waals surface area contributed by atoms with Crippen molar-refractivity contribution in [2.24, 2.45) is 0 Å². The Bertz CT molecular complexity index is 366. The van der Waals surface area contributed by atoms with Gasteiger partial charge in [-0.1, -0.05) is 30.4 Å². The molecule has 0 fully saturated rings. The number of thiocarbonyl (C=S) groups is 1. The van der Waals surface area contributed by atoms with Crippen LogP contribution in [0.3, 0.4) is 0 Å². The topological polar surface area (TPSA) is 37.3 Å². The number of hydrogen-bond acceptors (Lipinski definition) is 3. The fraction of sp³-hybridized carbons (Fsp3) is 0.111. The van der Waals surface area contributed by atoms with E-state index in [9.17, 15) is 9.18 Å². The van der Waals surface area contributed by atoms with Crippen LogP contribution < -0.4 is 0 Å². The number of carboxylic acids is 1. The Balaban J connectivity index is 2.70. The van der Waals surface area contributed by atoms with Crippen molar-refractivity contribution in [3.8, 4) is 0 Å². The van der Waals surface area contributed by atoms with Crippen LogP contribution in [-0.4, -0.2) is 21.0 Å². The molecule has 2 nitrogen and oxygen atoms in total. The summed E-state index contributed by atoms with van der Waals surface area (Å²) >= 11 is 5.83. The molecule has 0 unspecified atom stereocenters. The van der Waals surface area contributed by atoms with Gasteiger partial charge in [-0.05, 0) is 6.07 Å². The van der Waals surface area contributed by atoms with E-state index in [1.807, 2.05) is 0 Å². The van der Waals surface area contributed by atoms with Gasteiger partial charge < -0.3 is 5.11 Å². The molecule has 74 valence electrons. The van der Waals surface area contributed by atoms with Gasteiger partial charge >= 0.3 is 5.97 Å². The van der Waals surface area contributed by atoms with Crippen LogP contribution in [0.25, 0.3) is 0 Å². The van der Waals surface area contributed by atoms with Crippen LogP contribution in [0, 0.1) is 5.82 Å². The lowest BCUT2D eigenvalue weighted by Gasteiger charge is -2.02. The zero-order valence-electron chi connectivity index (χ0n) is 7.07. The molecule has 0 aliphatic heterocycles. The summed E-state index contributed by atoms with van der Waals surface area (Å²) in [6, 6.07) is 6.05. The fourth-order valence-electron chi connectivity index (χ4n) is 0.832. The van der Waals surface area contributed by atoms with Crippen LogP contribution in [0.5, 0.6) is 0 Å². The number of rotatable bonds is 3. The maximum absolute atomic E-state index is 13.1. The maximum atomic E-state index is 13.1. The summed E-state index contributed by atoms with van der Waals surface area (Å²) in [6.45, 7) is 0. The lowest BCUT2D eigenvalue weighted by atomic mass is 10.2. The summed E-state index contributed by atoms with van der Waals surface area (Å²) in [5.74, 6) is -1.53. The number of thioether (sulfide) groups is 1. The molecule has 0 radical (unpaired) electrons. The SMILES string of the molecule is O=C(O)CSC(=S)c1ccccc1F. The monoisotopic (exact) mass is 230 g/mol. The van der Waals surface area contributed by atoms with Crippen LogP contribution in [0.15, 0.2) is 24.3 Å². The smallest absolute Gasteiger partial charge is 0.313 e. The van der Waals surface area contributed by atoms with Crippen molar-refractivity contribution in [3.63, 3.8) is 0 Å². The van der Waals surface area contributed by atoms with Gasteiger partial charge in [-0.2, -0.15) is 0 Å². The van der Waals surface area contributed by atoms with E-state index in [-0.39, 0.29) is 15.5 Å². The minimum Gasteiger partial charge on any atom is -0.481 e. The predicted octanol–water partition coefficient (Wildman–Crippen LogP) is 2.32. The molecular weight excluding hydrogens is 223 g/mol. The Morgan fingerprint density at radius 3 is 2.71 bits per heavy atom. The van der Waals surface area contributed by atoms with Gasteiger partial charge in [-0.15, -0.1) is 11.8 Å². The lowest BCUT2D eigenvalue weighted by molar-refractivity contribution is -0.133. The Hall–Kier alpha value is -0.940. The van der Waals surface area contributed by atoms with Crippen molar-refractivity contribution in [2.75, 3.05) is 5.75 Å². The number of carbonyl (C=O) groups is 1. The third-order valence-electron chi connectivity index (χ3n) is 1.42. The van der Waals surface area contributed by atoms with Gasteiger partial charge in [0.25, 0.3) is 0 Å². The molecule has 1 aromatic carbocycles. The summed E-state index contributed by atoms with van der Waals surface area (Å²) < 4.78 is 13.4. The normalized spacial score (nSPS) is 9.79. The molecule has 1 N–H and O–H groups in total. The molecule has 0 bridgehead atoms. The van der Waals surface area contributed by atoms with Gasteiger partial charge in [0, 0.05) is 5.56 Å². The van der Waals surface area contributed by atoms with Crippen molar-refractivity contribution < 1.29 is 14.3 Å². The molecule has 0 amide bonds. The summed E-state index contributed by atoms with van der Waals surface area (Å²) in [4.78, 5) is 10.2. The van der Waals surface area contributed by atoms with E-state index in [1.165, 1.54) is 12.1 Å². The first kappa shape index (κ1) is 11.1. The van der Waals surface area contributed by atoms with Crippen molar-refractivity contribution >= 4 is 34.1 Å². The van der Waals surface area contributed by atoms with Crippen LogP contribution in [0.2, 0.25) is 0 Å². The quantitative estimate of drug-likeness (QED) is 0.809. The summed E-state index contributed by atoms with van der Waals surface area (Å²) in [5, 5.41) is 8.40. The van der Waals surface area contributed by atoms with E-state index in [4.69, 9.17) is 17.3 Å². The Morgan fingerprint density at radius 2 is 2.14 bits per heavy atom. The van der Waals surface area contributed by atoms with E-state index >= 15 is 0 Å². The molecule has 0 heterocycles. The Kier molecular flexibility index (Phi) is 4.03. The molecule has 5 heteroatoms.